The summed E-state index contributed by atoms with van der Waals surface area (Å²) in [4.78, 5) is 2.48. The summed E-state index contributed by atoms with van der Waals surface area (Å²) >= 11 is 0. The van der Waals surface area contributed by atoms with Crippen LogP contribution in [0.15, 0.2) is 0 Å². The van der Waals surface area contributed by atoms with Gasteiger partial charge in [0.2, 0.25) is 0 Å². The van der Waals surface area contributed by atoms with Gasteiger partial charge in [0.1, 0.15) is 0 Å². The molecule has 2 aliphatic heterocycles. The van der Waals surface area contributed by atoms with E-state index < -0.39 is 0 Å². The molecule has 2 heterocycles. The van der Waals surface area contributed by atoms with E-state index in [9.17, 15) is 0 Å². The molecule has 0 amide bonds. The maximum absolute atomic E-state index is 3.57. The van der Waals surface area contributed by atoms with Crippen molar-refractivity contribution < 1.29 is 0 Å². The number of hydrogen-bond acceptors (Lipinski definition) is 2. The molecule has 0 bridgehead atoms. The molecule has 0 aromatic heterocycles. The van der Waals surface area contributed by atoms with Crippen LogP contribution in [0.25, 0.3) is 0 Å². The van der Waals surface area contributed by atoms with Gasteiger partial charge in [-0.25, -0.2) is 0 Å². The molecule has 0 saturated carbocycles. The van der Waals surface area contributed by atoms with Crippen LogP contribution in [0.3, 0.4) is 0 Å². The molecule has 13 heavy (non-hydrogen) atoms. The highest BCUT2D eigenvalue weighted by Gasteiger charge is 2.36. The van der Waals surface area contributed by atoms with Crippen LogP contribution in [-0.2, 0) is 0 Å². The average molecular weight is 205 g/mol. The highest BCUT2D eigenvalue weighted by atomic mass is 35.5. The average Bonchev–Trinajstić information content (AvgIpc) is 2.30. The molecule has 2 rings (SSSR count). The summed E-state index contributed by atoms with van der Waals surface area (Å²) in [5, 5.41) is 3.57. The Morgan fingerprint density at radius 1 is 1.23 bits per heavy atom. The van der Waals surface area contributed by atoms with Crippen LogP contribution < -0.4 is 5.32 Å². The molecule has 0 aliphatic carbocycles. The van der Waals surface area contributed by atoms with Crippen LogP contribution in [0.5, 0.6) is 0 Å². The van der Waals surface area contributed by atoms with Crippen LogP contribution in [0.2, 0.25) is 0 Å². The highest BCUT2D eigenvalue weighted by molar-refractivity contribution is 5.85. The molecule has 0 radical (unpaired) electrons. The van der Waals surface area contributed by atoms with E-state index in [2.05, 4.69) is 17.3 Å². The van der Waals surface area contributed by atoms with Crippen LogP contribution in [0, 0.1) is 5.41 Å². The van der Waals surface area contributed by atoms with E-state index in [1.54, 1.807) is 0 Å². The monoisotopic (exact) mass is 204 g/mol. The van der Waals surface area contributed by atoms with Gasteiger partial charge in [0.25, 0.3) is 0 Å². The fourth-order valence-electron chi connectivity index (χ4n) is 2.70. The molecule has 1 atom stereocenters. The van der Waals surface area contributed by atoms with Gasteiger partial charge in [-0.3, -0.25) is 0 Å². The van der Waals surface area contributed by atoms with Crippen molar-refractivity contribution in [2.75, 3.05) is 33.2 Å². The van der Waals surface area contributed by atoms with Crippen LogP contribution >= 0.6 is 12.4 Å². The lowest BCUT2D eigenvalue weighted by molar-refractivity contribution is 0.261. The number of halogens is 1. The molecule has 1 N–H and O–H groups in total. The molecule has 2 aliphatic rings. The number of likely N-dealkylation sites (tertiary alicyclic amines) is 1. The number of nitrogens with zero attached hydrogens (tertiary/aromatic N) is 1. The predicted octanol–water partition coefficient (Wildman–Crippen LogP) is 1.50. The molecule has 1 spiro atoms. The van der Waals surface area contributed by atoms with Crippen molar-refractivity contribution in [3.63, 3.8) is 0 Å². The molecular weight excluding hydrogens is 184 g/mol. The molecule has 2 fully saturated rings. The van der Waals surface area contributed by atoms with Crippen molar-refractivity contribution in [3.05, 3.63) is 0 Å². The summed E-state index contributed by atoms with van der Waals surface area (Å²) in [5.41, 5.74) is 0.644. The molecule has 0 aromatic rings. The standard InChI is InChI=1S/C10H20N2.ClH/c1-12-7-5-10(9-12)4-2-3-6-11-8-10;/h11H,2-9H2,1H3;1H. The summed E-state index contributed by atoms with van der Waals surface area (Å²) < 4.78 is 0. The summed E-state index contributed by atoms with van der Waals surface area (Å²) in [6.45, 7) is 5.13. The van der Waals surface area contributed by atoms with Crippen molar-refractivity contribution in [2.45, 2.75) is 25.7 Å². The number of rotatable bonds is 0. The van der Waals surface area contributed by atoms with Gasteiger partial charge in [-0.1, -0.05) is 6.42 Å². The maximum atomic E-state index is 3.57. The third-order valence-electron chi connectivity index (χ3n) is 3.44. The van der Waals surface area contributed by atoms with Crippen molar-refractivity contribution in [3.8, 4) is 0 Å². The van der Waals surface area contributed by atoms with E-state index in [0.29, 0.717) is 5.41 Å². The van der Waals surface area contributed by atoms with E-state index >= 15 is 0 Å². The van der Waals surface area contributed by atoms with Crippen LogP contribution in [-0.4, -0.2) is 38.1 Å². The van der Waals surface area contributed by atoms with Crippen molar-refractivity contribution in [1.82, 2.24) is 10.2 Å². The van der Waals surface area contributed by atoms with E-state index in [0.717, 1.165) is 0 Å². The van der Waals surface area contributed by atoms with Gasteiger partial charge in [0, 0.05) is 13.1 Å². The van der Waals surface area contributed by atoms with Crippen molar-refractivity contribution in [1.29, 1.82) is 0 Å². The molecular formula is C10H21ClN2. The van der Waals surface area contributed by atoms with E-state index in [4.69, 9.17) is 0 Å². The topological polar surface area (TPSA) is 15.3 Å². The maximum Gasteiger partial charge on any atom is 0.00476 e. The predicted molar refractivity (Wildman–Crippen MR) is 58.5 cm³/mol. The molecule has 2 saturated heterocycles. The van der Waals surface area contributed by atoms with E-state index in [1.165, 1.54) is 51.9 Å². The Labute approximate surface area is 87.5 Å². The van der Waals surface area contributed by atoms with Gasteiger partial charge in [-0.05, 0) is 44.8 Å². The molecule has 0 aromatic carbocycles. The summed E-state index contributed by atoms with van der Waals surface area (Å²) in [6.07, 6.45) is 5.67. The first-order valence-corrected chi connectivity index (χ1v) is 5.20. The first kappa shape index (κ1) is 11.3. The van der Waals surface area contributed by atoms with Gasteiger partial charge < -0.3 is 10.2 Å². The summed E-state index contributed by atoms with van der Waals surface area (Å²) in [5.74, 6) is 0. The minimum atomic E-state index is 0. The molecule has 78 valence electrons. The zero-order valence-electron chi connectivity index (χ0n) is 8.51. The Hall–Kier alpha value is 0.210. The first-order chi connectivity index (χ1) is 5.81. The number of hydrogen-bond donors (Lipinski definition) is 1. The van der Waals surface area contributed by atoms with Gasteiger partial charge in [-0.15, -0.1) is 12.4 Å². The number of nitrogens with one attached hydrogen (secondary N) is 1. The van der Waals surface area contributed by atoms with Crippen LogP contribution in [0.1, 0.15) is 25.7 Å². The van der Waals surface area contributed by atoms with Gasteiger partial charge in [0.15, 0.2) is 0 Å². The molecule has 3 heteroatoms. The normalized spacial score (nSPS) is 35.8. The lowest BCUT2D eigenvalue weighted by atomic mass is 9.83. The minimum Gasteiger partial charge on any atom is -0.316 e. The Morgan fingerprint density at radius 3 is 2.77 bits per heavy atom. The van der Waals surface area contributed by atoms with Crippen molar-refractivity contribution >= 4 is 12.4 Å². The van der Waals surface area contributed by atoms with E-state index in [-0.39, 0.29) is 12.4 Å². The highest BCUT2D eigenvalue weighted by Crippen LogP contribution is 2.35. The molecule has 2 nitrogen and oxygen atoms in total. The van der Waals surface area contributed by atoms with Gasteiger partial charge in [-0.2, -0.15) is 0 Å². The smallest absolute Gasteiger partial charge is 0.00476 e. The summed E-state index contributed by atoms with van der Waals surface area (Å²) in [7, 11) is 2.25. The second kappa shape index (κ2) is 4.63. The lowest BCUT2D eigenvalue weighted by Crippen LogP contribution is -2.34. The first-order valence-electron chi connectivity index (χ1n) is 5.20. The fraction of sp³-hybridized carbons (Fsp3) is 1.00. The summed E-state index contributed by atoms with van der Waals surface area (Å²) in [6, 6.07) is 0. The Balaban J connectivity index is 0.000000845. The molecule has 1 unspecified atom stereocenters. The minimum absolute atomic E-state index is 0. The zero-order chi connectivity index (χ0) is 8.44. The second-order valence-corrected chi connectivity index (χ2v) is 4.62. The third kappa shape index (κ3) is 2.58. The quantitative estimate of drug-likeness (QED) is 0.644. The Kier molecular flexibility index (Phi) is 4.02. The van der Waals surface area contributed by atoms with E-state index in [1.807, 2.05) is 0 Å². The zero-order valence-corrected chi connectivity index (χ0v) is 9.33. The Morgan fingerprint density at radius 2 is 2.08 bits per heavy atom. The third-order valence-corrected chi connectivity index (χ3v) is 3.44. The van der Waals surface area contributed by atoms with Crippen molar-refractivity contribution in [2.24, 2.45) is 5.41 Å². The lowest BCUT2D eigenvalue weighted by Gasteiger charge is -2.26. The second-order valence-electron chi connectivity index (χ2n) is 4.62. The fourth-order valence-corrected chi connectivity index (χ4v) is 2.70. The van der Waals surface area contributed by atoms with Crippen LogP contribution in [0.4, 0.5) is 0 Å². The Bertz CT molecular complexity index is 153. The SMILES string of the molecule is CN1CCC2(CCCCNC2)C1.Cl. The largest absolute Gasteiger partial charge is 0.316 e. The van der Waals surface area contributed by atoms with Gasteiger partial charge in [0.05, 0.1) is 0 Å². The van der Waals surface area contributed by atoms with Gasteiger partial charge >= 0.3 is 0 Å².